The lowest BCUT2D eigenvalue weighted by Crippen LogP contribution is -2.33. The lowest BCUT2D eigenvalue weighted by atomic mass is 10.2. The Labute approximate surface area is 113 Å². The minimum absolute atomic E-state index is 0.201. The highest BCUT2D eigenvalue weighted by atomic mass is 16.3. The van der Waals surface area contributed by atoms with Gasteiger partial charge in [-0.15, -0.1) is 0 Å². The molecule has 0 amide bonds. The maximum Gasteiger partial charge on any atom is 0.144 e. The van der Waals surface area contributed by atoms with Crippen molar-refractivity contribution in [2.45, 2.75) is 19.9 Å². The highest BCUT2D eigenvalue weighted by Crippen LogP contribution is 2.21. The number of furan rings is 1. The van der Waals surface area contributed by atoms with Crippen molar-refractivity contribution in [1.29, 1.82) is 0 Å². The summed E-state index contributed by atoms with van der Waals surface area (Å²) in [4.78, 5) is 10.6. The van der Waals surface area contributed by atoms with Crippen LogP contribution in [0.2, 0.25) is 0 Å². The topological polar surface area (TPSA) is 54.2 Å². The highest BCUT2D eigenvalue weighted by molar-refractivity contribution is 5.30. The largest absolute Gasteiger partial charge is 0.468 e. The van der Waals surface area contributed by atoms with Gasteiger partial charge < -0.3 is 9.73 Å². The van der Waals surface area contributed by atoms with Gasteiger partial charge in [0.15, 0.2) is 0 Å². The molecule has 1 atom stereocenters. The molecule has 0 saturated heterocycles. The maximum atomic E-state index is 5.55. The van der Waals surface area contributed by atoms with Crippen molar-refractivity contribution in [3.05, 3.63) is 42.7 Å². The number of likely N-dealkylation sites (N-methyl/N-ethyl adjacent to an activating group) is 1. The smallest absolute Gasteiger partial charge is 0.144 e. The van der Waals surface area contributed by atoms with E-state index >= 15 is 0 Å². The van der Waals surface area contributed by atoms with Gasteiger partial charge in [0.05, 0.1) is 18.5 Å². The quantitative estimate of drug-likeness (QED) is 0.829. The first-order valence-corrected chi connectivity index (χ1v) is 6.62. The normalized spacial score (nSPS) is 12.6. The first kappa shape index (κ1) is 13.5. The van der Waals surface area contributed by atoms with Crippen LogP contribution in [0.3, 0.4) is 0 Å². The Bertz CT molecular complexity index is 454. The van der Waals surface area contributed by atoms with Gasteiger partial charge in [-0.05, 0) is 25.2 Å². The fraction of sp³-hybridized carbons (Fsp3) is 0.429. The Balaban J connectivity index is 2.06. The Hall–Kier alpha value is -1.88. The lowest BCUT2D eigenvalue weighted by Gasteiger charge is -2.28. The van der Waals surface area contributed by atoms with Gasteiger partial charge in [0, 0.05) is 18.9 Å². The predicted molar refractivity (Wildman–Crippen MR) is 74.9 cm³/mol. The molecule has 5 nitrogen and oxygen atoms in total. The minimum atomic E-state index is 0.201. The number of hydrogen-bond acceptors (Lipinski definition) is 5. The third-order valence-corrected chi connectivity index (χ3v) is 3.16. The van der Waals surface area contributed by atoms with E-state index in [-0.39, 0.29) is 6.04 Å². The summed E-state index contributed by atoms with van der Waals surface area (Å²) in [7, 11) is 0. The van der Waals surface area contributed by atoms with Gasteiger partial charge in [0.1, 0.15) is 11.6 Å². The van der Waals surface area contributed by atoms with Crippen LogP contribution in [0.25, 0.3) is 0 Å². The van der Waals surface area contributed by atoms with E-state index in [4.69, 9.17) is 4.42 Å². The molecule has 2 heterocycles. The standard InChI is InChI=1S/C14H20N4O/c1-3-18(4-2)12(13-6-5-9-19-13)10-17-14-11-15-7-8-16-14/h5-9,11-12H,3-4,10H2,1-2H3,(H,16,17). The number of nitrogens with zero attached hydrogens (tertiary/aromatic N) is 3. The van der Waals surface area contributed by atoms with Crippen LogP contribution >= 0.6 is 0 Å². The van der Waals surface area contributed by atoms with E-state index in [1.807, 2.05) is 12.1 Å². The van der Waals surface area contributed by atoms with E-state index in [0.717, 1.165) is 31.2 Å². The SMILES string of the molecule is CCN(CC)C(CNc1cnccn1)c1ccco1. The first-order valence-electron chi connectivity index (χ1n) is 6.62. The number of aromatic nitrogens is 2. The number of rotatable bonds is 7. The van der Waals surface area contributed by atoms with Crippen LogP contribution in [-0.4, -0.2) is 34.5 Å². The monoisotopic (exact) mass is 260 g/mol. The molecule has 0 aliphatic carbocycles. The zero-order chi connectivity index (χ0) is 13.5. The Kier molecular flexibility index (Phi) is 4.92. The van der Waals surface area contributed by atoms with E-state index in [1.165, 1.54) is 0 Å². The van der Waals surface area contributed by atoms with Crippen LogP contribution < -0.4 is 5.32 Å². The third kappa shape index (κ3) is 3.54. The summed E-state index contributed by atoms with van der Waals surface area (Å²) in [6, 6.07) is 4.14. The van der Waals surface area contributed by atoms with Crippen molar-refractivity contribution in [2.24, 2.45) is 0 Å². The molecule has 0 spiro atoms. The molecule has 0 aliphatic rings. The molecule has 19 heavy (non-hydrogen) atoms. The van der Waals surface area contributed by atoms with Crippen LogP contribution in [0.4, 0.5) is 5.82 Å². The van der Waals surface area contributed by atoms with E-state index in [1.54, 1.807) is 24.9 Å². The fourth-order valence-corrected chi connectivity index (χ4v) is 2.15. The Morgan fingerprint density at radius 1 is 1.32 bits per heavy atom. The van der Waals surface area contributed by atoms with Gasteiger partial charge >= 0.3 is 0 Å². The molecule has 0 aliphatic heterocycles. The van der Waals surface area contributed by atoms with Gasteiger partial charge in [-0.1, -0.05) is 13.8 Å². The second-order valence-corrected chi connectivity index (χ2v) is 4.22. The van der Waals surface area contributed by atoms with Gasteiger partial charge in [0.2, 0.25) is 0 Å². The van der Waals surface area contributed by atoms with Crippen molar-refractivity contribution < 1.29 is 4.42 Å². The molecule has 0 saturated carbocycles. The van der Waals surface area contributed by atoms with Crippen molar-refractivity contribution in [1.82, 2.24) is 14.9 Å². The van der Waals surface area contributed by atoms with Crippen molar-refractivity contribution in [3.63, 3.8) is 0 Å². The molecule has 2 aromatic heterocycles. The molecular weight excluding hydrogens is 240 g/mol. The molecule has 0 aromatic carbocycles. The zero-order valence-electron chi connectivity index (χ0n) is 11.4. The average Bonchev–Trinajstić information content (AvgIpc) is 2.98. The maximum absolute atomic E-state index is 5.55. The first-order chi connectivity index (χ1) is 9.35. The molecule has 5 heteroatoms. The summed E-state index contributed by atoms with van der Waals surface area (Å²) < 4.78 is 5.55. The average molecular weight is 260 g/mol. The second-order valence-electron chi connectivity index (χ2n) is 4.22. The zero-order valence-corrected chi connectivity index (χ0v) is 11.4. The molecule has 102 valence electrons. The summed E-state index contributed by atoms with van der Waals surface area (Å²) in [5, 5.41) is 3.31. The van der Waals surface area contributed by atoms with E-state index in [2.05, 4.69) is 34.0 Å². The third-order valence-electron chi connectivity index (χ3n) is 3.16. The lowest BCUT2D eigenvalue weighted by molar-refractivity contribution is 0.202. The Morgan fingerprint density at radius 3 is 2.74 bits per heavy atom. The highest BCUT2D eigenvalue weighted by Gasteiger charge is 2.20. The van der Waals surface area contributed by atoms with Crippen molar-refractivity contribution >= 4 is 5.82 Å². The Morgan fingerprint density at radius 2 is 2.16 bits per heavy atom. The van der Waals surface area contributed by atoms with Gasteiger partial charge in [0.25, 0.3) is 0 Å². The molecule has 0 bridgehead atoms. The summed E-state index contributed by atoms with van der Waals surface area (Å²) in [5.41, 5.74) is 0. The van der Waals surface area contributed by atoms with Gasteiger partial charge in [-0.3, -0.25) is 9.88 Å². The fourth-order valence-electron chi connectivity index (χ4n) is 2.15. The number of hydrogen-bond donors (Lipinski definition) is 1. The second kappa shape index (κ2) is 6.89. The van der Waals surface area contributed by atoms with Crippen LogP contribution in [0.1, 0.15) is 25.6 Å². The van der Waals surface area contributed by atoms with Crippen molar-refractivity contribution in [2.75, 3.05) is 25.0 Å². The number of nitrogens with one attached hydrogen (secondary N) is 1. The number of anilines is 1. The van der Waals surface area contributed by atoms with Crippen LogP contribution in [0.15, 0.2) is 41.4 Å². The van der Waals surface area contributed by atoms with Crippen LogP contribution in [0, 0.1) is 0 Å². The van der Waals surface area contributed by atoms with E-state index < -0.39 is 0 Å². The summed E-state index contributed by atoms with van der Waals surface area (Å²) in [5.74, 6) is 1.76. The summed E-state index contributed by atoms with van der Waals surface area (Å²) in [6.07, 6.45) is 6.79. The van der Waals surface area contributed by atoms with E-state index in [9.17, 15) is 0 Å². The van der Waals surface area contributed by atoms with E-state index in [0.29, 0.717) is 0 Å². The molecule has 2 aromatic rings. The summed E-state index contributed by atoms with van der Waals surface area (Å²) >= 11 is 0. The summed E-state index contributed by atoms with van der Waals surface area (Å²) in [6.45, 7) is 7.01. The van der Waals surface area contributed by atoms with Crippen LogP contribution in [-0.2, 0) is 0 Å². The van der Waals surface area contributed by atoms with Crippen LogP contribution in [0.5, 0.6) is 0 Å². The molecular formula is C14H20N4O. The predicted octanol–water partition coefficient (Wildman–Crippen LogP) is 2.56. The molecule has 2 rings (SSSR count). The van der Waals surface area contributed by atoms with Crippen molar-refractivity contribution in [3.8, 4) is 0 Å². The molecule has 0 fully saturated rings. The molecule has 0 radical (unpaired) electrons. The molecule has 1 unspecified atom stereocenters. The van der Waals surface area contributed by atoms with Gasteiger partial charge in [-0.25, -0.2) is 4.98 Å². The van der Waals surface area contributed by atoms with Gasteiger partial charge in [-0.2, -0.15) is 0 Å². The molecule has 1 N–H and O–H groups in total. The minimum Gasteiger partial charge on any atom is -0.468 e.